The van der Waals surface area contributed by atoms with Crippen LogP contribution in [-0.4, -0.2) is 18.9 Å². The van der Waals surface area contributed by atoms with Gasteiger partial charge >= 0.3 is 6.43 Å². The molecule has 86 valence electrons. The zero-order valence-corrected chi connectivity index (χ0v) is 8.99. The molecule has 1 aliphatic rings. The summed E-state index contributed by atoms with van der Waals surface area (Å²) in [4.78, 5) is 12.6. The number of alkyl halides is 2. The van der Waals surface area contributed by atoms with E-state index in [4.69, 9.17) is 0 Å². The molecule has 1 aromatic rings. The lowest BCUT2D eigenvalue weighted by atomic mass is 9.94. The topological polar surface area (TPSA) is 20.3 Å². The smallest absolute Gasteiger partial charge is 0.307 e. The van der Waals surface area contributed by atoms with Crippen LogP contribution < -0.4 is 4.90 Å². The summed E-state index contributed by atoms with van der Waals surface area (Å²) in [6.45, 7) is 2.34. The first-order valence-electron chi connectivity index (χ1n) is 5.27. The number of anilines is 1. The van der Waals surface area contributed by atoms with E-state index in [0.29, 0.717) is 12.2 Å². The molecule has 2 nitrogen and oxygen atoms in total. The molecule has 1 atom stereocenters. The third kappa shape index (κ3) is 1.92. The summed E-state index contributed by atoms with van der Waals surface area (Å²) in [5.74, 6) is -0.878. The number of carbonyl (C=O) groups is 1. The molecule has 0 saturated carbocycles. The first kappa shape index (κ1) is 11.0. The number of benzene rings is 1. The monoisotopic (exact) mass is 225 g/mol. The van der Waals surface area contributed by atoms with Crippen LogP contribution in [0, 0.1) is 5.92 Å². The minimum atomic E-state index is -2.93. The second kappa shape index (κ2) is 4.20. The van der Waals surface area contributed by atoms with Crippen LogP contribution >= 0.6 is 0 Å². The molecule has 16 heavy (non-hydrogen) atoms. The standard InChI is InChI=1S/C12H13F2NO/c1-8-6-9-4-2-3-5-10(9)15(7-8)12(16)11(13)14/h2-5,8,11H,6-7H2,1H3. The SMILES string of the molecule is CC1Cc2ccccc2N(C(=O)C(F)F)C1. The van der Waals surface area contributed by atoms with Gasteiger partial charge < -0.3 is 4.90 Å². The second-order valence-electron chi connectivity index (χ2n) is 4.19. The quantitative estimate of drug-likeness (QED) is 0.719. The van der Waals surface area contributed by atoms with Gasteiger partial charge in [0.2, 0.25) is 0 Å². The number of para-hydroxylation sites is 1. The van der Waals surface area contributed by atoms with Gasteiger partial charge in [0.1, 0.15) is 0 Å². The zero-order valence-electron chi connectivity index (χ0n) is 8.99. The molecular weight excluding hydrogens is 212 g/mol. The first-order chi connectivity index (χ1) is 7.59. The van der Waals surface area contributed by atoms with Crippen LogP contribution in [0.4, 0.5) is 14.5 Å². The molecule has 1 heterocycles. The molecule has 0 bridgehead atoms. The van der Waals surface area contributed by atoms with E-state index in [1.165, 1.54) is 4.90 Å². The van der Waals surface area contributed by atoms with Crippen LogP contribution in [-0.2, 0) is 11.2 Å². The van der Waals surface area contributed by atoms with Gasteiger partial charge in [-0.1, -0.05) is 25.1 Å². The molecule has 0 aromatic heterocycles. The van der Waals surface area contributed by atoms with Gasteiger partial charge in [0.15, 0.2) is 0 Å². The van der Waals surface area contributed by atoms with Crippen molar-refractivity contribution in [1.29, 1.82) is 0 Å². The molecule has 2 rings (SSSR count). The van der Waals surface area contributed by atoms with Gasteiger partial charge in [0.25, 0.3) is 5.91 Å². The molecule has 0 N–H and O–H groups in total. The molecule has 0 radical (unpaired) electrons. The highest BCUT2D eigenvalue weighted by Crippen LogP contribution is 2.30. The predicted octanol–water partition coefficient (Wildman–Crippen LogP) is 2.48. The number of fused-ring (bicyclic) bond motifs is 1. The summed E-state index contributed by atoms with van der Waals surface area (Å²) >= 11 is 0. The fourth-order valence-electron chi connectivity index (χ4n) is 2.12. The minimum Gasteiger partial charge on any atom is -0.307 e. The highest BCUT2D eigenvalue weighted by atomic mass is 19.3. The van der Waals surface area contributed by atoms with Crippen LogP contribution in [0.5, 0.6) is 0 Å². The van der Waals surface area contributed by atoms with E-state index < -0.39 is 12.3 Å². The van der Waals surface area contributed by atoms with E-state index in [9.17, 15) is 13.6 Å². The van der Waals surface area contributed by atoms with Gasteiger partial charge in [0.05, 0.1) is 0 Å². The summed E-state index contributed by atoms with van der Waals surface area (Å²) in [6.07, 6.45) is -2.10. The lowest BCUT2D eigenvalue weighted by molar-refractivity contribution is -0.129. The van der Waals surface area contributed by atoms with E-state index in [-0.39, 0.29) is 5.92 Å². The normalized spacial score (nSPS) is 19.8. The summed E-state index contributed by atoms with van der Waals surface area (Å²) in [6, 6.07) is 7.24. The van der Waals surface area contributed by atoms with Crippen molar-refractivity contribution in [3.63, 3.8) is 0 Å². The number of hydrogen-bond donors (Lipinski definition) is 0. The Morgan fingerprint density at radius 2 is 2.12 bits per heavy atom. The van der Waals surface area contributed by atoms with Crippen molar-refractivity contribution >= 4 is 11.6 Å². The van der Waals surface area contributed by atoms with Crippen LogP contribution in [0.25, 0.3) is 0 Å². The van der Waals surface area contributed by atoms with Crippen molar-refractivity contribution in [2.45, 2.75) is 19.8 Å². The first-order valence-corrected chi connectivity index (χ1v) is 5.27. The van der Waals surface area contributed by atoms with Gasteiger partial charge in [-0.3, -0.25) is 4.79 Å². The number of rotatable bonds is 1. The summed E-state index contributed by atoms with van der Waals surface area (Å²) in [5, 5.41) is 0. The Bertz CT molecular complexity index is 406. The van der Waals surface area contributed by atoms with Gasteiger partial charge in [-0.05, 0) is 24.0 Å². The summed E-state index contributed by atoms with van der Waals surface area (Å²) < 4.78 is 24.9. The van der Waals surface area contributed by atoms with Crippen molar-refractivity contribution < 1.29 is 13.6 Å². The Balaban J connectivity index is 2.37. The molecule has 1 aromatic carbocycles. The lowest BCUT2D eigenvalue weighted by Crippen LogP contribution is -2.42. The van der Waals surface area contributed by atoms with Crippen molar-refractivity contribution in [3.8, 4) is 0 Å². The number of halogens is 2. The molecule has 1 amide bonds. The average molecular weight is 225 g/mol. The maximum absolute atomic E-state index is 12.4. The minimum absolute atomic E-state index is 0.220. The van der Waals surface area contributed by atoms with Crippen LogP contribution in [0.1, 0.15) is 12.5 Å². The van der Waals surface area contributed by atoms with Crippen molar-refractivity contribution in [1.82, 2.24) is 0 Å². The highest BCUT2D eigenvalue weighted by Gasteiger charge is 2.30. The van der Waals surface area contributed by atoms with E-state index in [1.807, 2.05) is 19.1 Å². The molecular formula is C12H13F2NO. The van der Waals surface area contributed by atoms with Crippen LogP contribution in [0.3, 0.4) is 0 Å². The maximum atomic E-state index is 12.4. The van der Waals surface area contributed by atoms with Gasteiger partial charge in [0, 0.05) is 12.2 Å². The molecule has 0 spiro atoms. The number of carbonyl (C=O) groups excluding carboxylic acids is 1. The molecule has 0 aliphatic carbocycles. The number of nitrogens with zero attached hydrogens (tertiary/aromatic N) is 1. The Hall–Kier alpha value is -1.45. The molecule has 1 aliphatic heterocycles. The maximum Gasteiger partial charge on any atom is 0.316 e. The van der Waals surface area contributed by atoms with Gasteiger partial charge in [-0.25, -0.2) is 0 Å². The number of amides is 1. The third-order valence-electron chi connectivity index (χ3n) is 2.80. The Morgan fingerprint density at radius 3 is 2.81 bits per heavy atom. The zero-order chi connectivity index (χ0) is 11.7. The Kier molecular flexibility index (Phi) is 2.90. The summed E-state index contributed by atoms with van der Waals surface area (Å²) in [5.41, 5.74) is 1.60. The fraction of sp³-hybridized carbons (Fsp3) is 0.417. The predicted molar refractivity (Wildman–Crippen MR) is 57.7 cm³/mol. The molecule has 4 heteroatoms. The highest BCUT2D eigenvalue weighted by molar-refractivity contribution is 5.96. The van der Waals surface area contributed by atoms with Crippen LogP contribution in [0.2, 0.25) is 0 Å². The van der Waals surface area contributed by atoms with Crippen molar-refractivity contribution in [2.75, 3.05) is 11.4 Å². The van der Waals surface area contributed by atoms with Crippen LogP contribution in [0.15, 0.2) is 24.3 Å². The average Bonchev–Trinajstić information content (AvgIpc) is 2.26. The van der Waals surface area contributed by atoms with E-state index in [1.54, 1.807) is 12.1 Å². The fourth-order valence-corrected chi connectivity index (χ4v) is 2.12. The number of hydrogen-bond acceptors (Lipinski definition) is 1. The lowest BCUT2D eigenvalue weighted by Gasteiger charge is -2.32. The van der Waals surface area contributed by atoms with E-state index >= 15 is 0 Å². The summed E-state index contributed by atoms with van der Waals surface area (Å²) in [7, 11) is 0. The Morgan fingerprint density at radius 1 is 1.44 bits per heavy atom. The van der Waals surface area contributed by atoms with Gasteiger partial charge in [-0.2, -0.15) is 8.78 Å². The van der Waals surface area contributed by atoms with Crippen molar-refractivity contribution in [2.24, 2.45) is 5.92 Å². The molecule has 0 saturated heterocycles. The molecule has 1 unspecified atom stereocenters. The van der Waals surface area contributed by atoms with Crippen molar-refractivity contribution in [3.05, 3.63) is 29.8 Å². The third-order valence-corrected chi connectivity index (χ3v) is 2.80. The molecule has 0 fully saturated rings. The Labute approximate surface area is 92.9 Å². The largest absolute Gasteiger partial charge is 0.316 e. The van der Waals surface area contributed by atoms with E-state index in [2.05, 4.69) is 0 Å². The second-order valence-corrected chi connectivity index (χ2v) is 4.19. The van der Waals surface area contributed by atoms with Gasteiger partial charge in [-0.15, -0.1) is 0 Å². The van der Waals surface area contributed by atoms with E-state index in [0.717, 1.165) is 12.0 Å².